The van der Waals surface area contributed by atoms with Gasteiger partial charge in [-0.15, -0.1) is 0 Å². The summed E-state index contributed by atoms with van der Waals surface area (Å²) in [6.07, 6.45) is 1.91. The molecular formula is C13H20N3O3S+. The van der Waals surface area contributed by atoms with Crippen molar-refractivity contribution in [1.29, 1.82) is 0 Å². The minimum Gasteiger partial charge on any atom is -0.381 e. The maximum Gasteiger partial charge on any atom is 0.340 e. The number of rotatable bonds is 5. The summed E-state index contributed by atoms with van der Waals surface area (Å²) in [6.45, 7) is 1.51. The van der Waals surface area contributed by atoms with Crippen LogP contribution in [0, 0.1) is 4.91 Å². The molecule has 1 aliphatic heterocycles. The van der Waals surface area contributed by atoms with Gasteiger partial charge in [-0.3, -0.25) is 5.14 Å². The highest BCUT2D eigenvalue weighted by Gasteiger charge is 2.28. The Balaban J connectivity index is 2.31. The highest BCUT2D eigenvalue weighted by atomic mass is 32.2. The number of ether oxygens (including phenoxy) is 1. The molecule has 6 nitrogen and oxygen atoms in total. The predicted molar refractivity (Wildman–Crippen MR) is 79.0 cm³/mol. The van der Waals surface area contributed by atoms with Crippen LogP contribution in [0.5, 0.6) is 0 Å². The molecule has 0 radical (unpaired) electrons. The average Bonchev–Trinajstić information content (AvgIpc) is 2.53. The largest absolute Gasteiger partial charge is 0.381 e. The van der Waals surface area contributed by atoms with E-state index in [0.717, 1.165) is 48.6 Å². The van der Waals surface area contributed by atoms with Gasteiger partial charge in [0.2, 0.25) is 0 Å². The molecule has 7 heteroatoms. The van der Waals surface area contributed by atoms with E-state index in [1.165, 1.54) is 7.11 Å². The fourth-order valence-corrected chi connectivity index (χ4v) is 2.71. The summed E-state index contributed by atoms with van der Waals surface area (Å²) in [5, 5.41) is 5.55. The van der Waals surface area contributed by atoms with Crippen molar-refractivity contribution in [2.75, 3.05) is 32.3 Å². The highest BCUT2D eigenvalue weighted by Crippen LogP contribution is 2.33. The molecule has 0 saturated carbocycles. The van der Waals surface area contributed by atoms with E-state index in [-0.39, 0.29) is 0 Å². The van der Waals surface area contributed by atoms with Crippen LogP contribution in [0.2, 0.25) is 0 Å². The summed E-state index contributed by atoms with van der Waals surface area (Å²) in [6, 6.07) is 5.92. The third-order valence-electron chi connectivity index (χ3n) is 3.56. The third-order valence-corrected chi connectivity index (χ3v) is 4.09. The van der Waals surface area contributed by atoms with Crippen molar-refractivity contribution in [3.63, 3.8) is 0 Å². The first-order valence-electron chi connectivity index (χ1n) is 6.50. The zero-order valence-electron chi connectivity index (χ0n) is 11.7. The summed E-state index contributed by atoms with van der Waals surface area (Å²) in [4.78, 5) is 20.1. The lowest BCUT2D eigenvalue weighted by Crippen LogP contribution is -2.37. The molecule has 1 aliphatic rings. The Morgan fingerprint density at radius 2 is 2.15 bits per heavy atom. The second-order valence-electron chi connectivity index (χ2n) is 4.66. The number of hydrogen-bond acceptors (Lipinski definition) is 6. The van der Waals surface area contributed by atoms with Crippen LogP contribution in [0.25, 0.3) is 0 Å². The van der Waals surface area contributed by atoms with Crippen LogP contribution in [0.3, 0.4) is 0 Å². The third kappa shape index (κ3) is 3.23. The summed E-state index contributed by atoms with van der Waals surface area (Å²) in [5.74, 6) is 0. The molecule has 2 N–H and O–H groups in total. The van der Waals surface area contributed by atoms with Crippen molar-refractivity contribution in [2.24, 2.45) is 5.14 Å². The Labute approximate surface area is 122 Å². The normalized spacial score (nSPS) is 15.9. The van der Waals surface area contributed by atoms with Crippen LogP contribution in [-0.4, -0.2) is 38.3 Å². The van der Waals surface area contributed by atoms with Crippen molar-refractivity contribution in [3.8, 4) is 0 Å². The van der Waals surface area contributed by atoms with Gasteiger partial charge in [-0.2, -0.15) is 0 Å². The van der Waals surface area contributed by atoms with Crippen LogP contribution in [0.15, 0.2) is 23.1 Å². The van der Waals surface area contributed by atoms with Gasteiger partial charge < -0.3 is 9.64 Å². The first-order valence-corrected chi connectivity index (χ1v) is 7.38. The molecule has 1 saturated heterocycles. The number of benzene rings is 1. The molecule has 0 aromatic heterocycles. The van der Waals surface area contributed by atoms with Crippen LogP contribution >= 0.6 is 11.9 Å². The zero-order chi connectivity index (χ0) is 14.5. The molecule has 0 aliphatic carbocycles. The second kappa shape index (κ2) is 6.92. The molecule has 1 aromatic carbocycles. The van der Waals surface area contributed by atoms with E-state index in [1.807, 2.05) is 19.2 Å². The van der Waals surface area contributed by atoms with Gasteiger partial charge in [0.05, 0.1) is 4.91 Å². The molecule has 1 aromatic rings. The van der Waals surface area contributed by atoms with Crippen molar-refractivity contribution >= 4 is 23.3 Å². The molecule has 0 unspecified atom stereocenters. The summed E-state index contributed by atoms with van der Waals surface area (Å²) in [7, 11) is 3.35. The van der Waals surface area contributed by atoms with Gasteiger partial charge in [0, 0.05) is 37.3 Å². The van der Waals surface area contributed by atoms with Crippen LogP contribution in [0.4, 0.5) is 11.4 Å². The van der Waals surface area contributed by atoms with Gasteiger partial charge in [-0.05, 0) is 36.9 Å². The van der Waals surface area contributed by atoms with E-state index in [9.17, 15) is 4.91 Å². The van der Waals surface area contributed by atoms with Gasteiger partial charge in [0.15, 0.2) is 7.11 Å². The second-order valence-corrected chi connectivity index (χ2v) is 5.37. The quantitative estimate of drug-likeness (QED) is 0.664. The molecule has 0 amide bonds. The number of nitrogens with two attached hydrogens (primary N) is 1. The van der Waals surface area contributed by atoms with Crippen LogP contribution in [-0.2, 0) is 9.57 Å². The molecule has 20 heavy (non-hydrogen) atoms. The molecule has 2 rings (SSSR count). The molecule has 1 heterocycles. The summed E-state index contributed by atoms with van der Waals surface area (Å²) in [5.41, 5.74) is 1.31. The van der Waals surface area contributed by atoms with E-state index in [4.69, 9.17) is 14.7 Å². The monoisotopic (exact) mass is 298 g/mol. The zero-order valence-corrected chi connectivity index (χ0v) is 12.6. The van der Waals surface area contributed by atoms with E-state index < -0.39 is 0 Å². The van der Waals surface area contributed by atoms with Gasteiger partial charge in [0.1, 0.15) is 5.69 Å². The SMILES string of the molecule is CO[N+](=O)c1cc(SN)ccc1N(C)C1CCOCC1. The number of hydrogen-bond donors (Lipinski definition) is 1. The van der Waals surface area contributed by atoms with Crippen LogP contribution < -0.4 is 10.0 Å². The Morgan fingerprint density at radius 1 is 1.45 bits per heavy atom. The Bertz CT molecular complexity index is 478. The van der Waals surface area contributed by atoms with E-state index in [1.54, 1.807) is 6.07 Å². The Hall–Kier alpha value is -1.31. The maximum absolute atomic E-state index is 11.9. The first-order chi connectivity index (χ1) is 9.67. The standard InChI is InChI=1S/C13H20N3O3S/c1-15(10-5-7-19-8-6-10)12-4-3-11(20-14)9-13(12)16(17)18-2/h3-4,9-10H,5-8,14H2,1-2H3/q+1. The fourth-order valence-electron chi connectivity index (χ4n) is 2.39. The number of anilines is 1. The topological polar surface area (TPSA) is 67.8 Å². The lowest BCUT2D eigenvalue weighted by Gasteiger charge is -2.32. The van der Waals surface area contributed by atoms with Gasteiger partial charge >= 0.3 is 5.69 Å². The minimum atomic E-state index is 0.365. The lowest BCUT2D eigenvalue weighted by molar-refractivity contribution is -0.736. The van der Waals surface area contributed by atoms with Crippen LogP contribution in [0.1, 0.15) is 12.8 Å². The first kappa shape index (κ1) is 15.1. The van der Waals surface area contributed by atoms with Crippen molar-refractivity contribution in [1.82, 2.24) is 0 Å². The van der Waals surface area contributed by atoms with Gasteiger partial charge in [-0.1, -0.05) is 0 Å². The minimum absolute atomic E-state index is 0.365. The van der Waals surface area contributed by atoms with E-state index >= 15 is 0 Å². The maximum atomic E-state index is 11.9. The molecular weight excluding hydrogens is 278 g/mol. The molecule has 110 valence electrons. The van der Waals surface area contributed by atoms with Crippen molar-refractivity contribution in [2.45, 2.75) is 23.8 Å². The molecule has 0 atom stereocenters. The lowest BCUT2D eigenvalue weighted by atomic mass is 10.1. The fraction of sp³-hybridized carbons (Fsp3) is 0.538. The smallest absolute Gasteiger partial charge is 0.340 e. The molecule has 1 fully saturated rings. The molecule has 0 spiro atoms. The number of nitrogens with zero attached hydrogens (tertiary/aromatic N) is 2. The Kier molecular flexibility index (Phi) is 5.22. The average molecular weight is 298 g/mol. The Morgan fingerprint density at radius 3 is 2.75 bits per heavy atom. The predicted octanol–water partition coefficient (Wildman–Crippen LogP) is 2.24. The summed E-state index contributed by atoms with van der Waals surface area (Å²) >= 11 is 1.11. The van der Waals surface area contributed by atoms with Crippen molar-refractivity contribution < 1.29 is 14.5 Å². The molecule has 0 bridgehead atoms. The summed E-state index contributed by atoms with van der Waals surface area (Å²) < 4.78 is 5.38. The van der Waals surface area contributed by atoms with Gasteiger partial charge in [0.25, 0.3) is 4.92 Å². The van der Waals surface area contributed by atoms with E-state index in [2.05, 4.69) is 4.90 Å². The van der Waals surface area contributed by atoms with Crippen molar-refractivity contribution in [3.05, 3.63) is 23.1 Å². The highest BCUT2D eigenvalue weighted by molar-refractivity contribution is 7.97. The van der Waals surface area contributed by atoms with E-state index in [0.29, 0.717) is 16.7 Å². The van der Waals surface area contributed by atoms with Gasteiger partial charge in [-0.25, -0.2) is 4.84 Å².